The number of halogens is 4. The Morgan fingerprint density at radius 3 is 2.09 bits per heavy atom. The third-order valence-electron chi connectivity index (χ3n) is 3.53. The molecule has 0 bridgehead atoms. The maximum Gasteiger partial charge on any atom is 0.0968 e. The van der Waals surface area contributed by atoms with Gasteiger partial charge in [-0.25, -0.2) is 0 Å². The summed E-state index contributed by atoms with van der Waals surface area (Å²) in [6, 6.07) is 15.0. The Labute approximate surface area is 150 Å². The fourth-order valence-corrected chi connectivity index (χ4v) is 3.57. The van der Waals surface area contributed by atoms with Gasteiger partial charge in [-0.2, -0.15) is 0 Å². The Morgan fingerprint density at radius 2 is 1.41 bits per heavy atom. The summed E-state index contributed by atoms with van der Waals surface area (Å²) in [5.41, 5.74) is 2.45. The summed E-state index contributed by atoms with van der Waals surface area (Å²) in [6.45, 7) is 0. The van der Waals surface area contributed by atoms with Crippen molar-refractivity contribution in [1.82, 2.24) is 0 Å². The lowest BCUT2D eigenvalue weighted by atomic mass is 9.84. The summed E-state index contributed by atoms with van der Waals surface area (Å²) in [5.74, 6) is 0. The van der Waals surface area contributed by atoms with E-state index in [9.17, 15) is 0 Å². The first-order valence-corrected chi connectivity index (χ1v) is 8.16. The van der Waals surface area contributed by atoms with Crippen LogP contribution in [0.3, 0.4) is 0 Å². The van der Waals surface area contributed by atoms with E-state index in [0.29, 0.717) is 15.1 Å². The highest BCUT2D eigenvalue weighted by atomic mass is 35.5. The van der Waals surface area contributed by atoms with Crippen molar-refractivity contribution in [3.8, 4) is 0 Å². The fourth-order valence-electron chi connectivity index (χ4n) is 2.44. The van der Waals surface area contributed by atoms with E-state index in [-0.39, 0.29) is 0 Å². The second-order valence-corrected chi connectivity index (χ2v) is 6.81. The number of hydrogen-bond donors (Lipinski definition) is 0. The minimum atomic E-state index is -0.856. The van der Waals surface area contributed by atoms with Crippen LogP contribution in [-0.2, 0) is 4.87 Å². The van der Waals surface area contributed by atoms with Gasteiger partial charge < -0.3 is 0 Å². The van der Waals surface area contributed by atoms with E-state index in [2.05, 4.69) is 0 Å². The lowest BCUT2D eigenvalue weighted by Crippen LogP contribution is -2.20. The predicted octanol–water partition coefficient (Wildman–Crippen LogP) is 6.85. The van der Waals surface area contributed by atoms with Crippen molar-refractivity contribution in [2.24, 2.45) is 0 Å². The molecule has 0 aromatic heterocycles. The zero-order valence-corrected chi connectivity index (χ0v) is 14.4. The highest BCUT2D eigenvalue weighted by Crippen LogP contribution is 2.47. The molecule has 2 aromatic carbocycles. The Hall–Kier alpha value is -0.920. The molecule has 0 fully saturated rings. The van der Waals surface area contributed by atoms with Crippen molar-refractivity contribution < 1.29 is 0 Å². The van der Waals surface area contributed by atoms with E-state index < -0.39 is 4.87 Å². The minimum Gasteiger partial charge on any atom is -0.109 e. The summed E-state index contributed by atoms with van der Waals surface area (Å²) in [7, 11) is 0. The van der Waals surface area contributed by atoms with Gasteiger partial charge in [-0.3, -0.25) is 0 Å². The Bertz CT molecular complexity index is 776. The van der Waals surface area contributed by atoms with Gasteiger partial charge in [-0.1, -0.05) is 77.3 Å². The number of rotatable bonds is 2. The van der Waals surface area contributed by atoms with Crippen LogP contribution in [0, 0.1) is 6.42 Å². The molecule has 1 unspecified atom stereocenters. The zero-order valence-electron chi connectivity index (χ0n) is 11.4. The number of allylic oxidation sites excluding steroid dienone is 4. The second kappa shape index (κ2) is 6.29. The van der Waals surface area contributed by atoms with Crippen LogP contribution in [0.2, 0.25) is 10.0 Å². The molecule has 1 aliphatic carbocycles. The molecule has 0 N–H and O–H groups in total. The van der Waals surface area contributed by atoms with Crippen LogP contribution in [0.25, 0.3) is 5.57 Å². The van der Waals surface area contributed by atoms with Crippen LogP contribution in [0.4, 0.5) is 0 Å². The summed E-state index contributed by atoms with van der Waals surface area (Å²) < 4.78 is 0. The van der Waals surface area contributed by atoms with E-state index in [1.54, 1.807) is 6.08 Å². The number of benzene rings is 2. The molecule has 0 nitrogen and oxygen atoms in total. The molecule has 3 rings (SSSR count). The molecule has 1 atom stereocenters. The molecular formula is C18H11Cl4. The highest BCUT2D eigenvalue weighted by molar-refractivity contribution is 6.39. The largest absolute Gasteiger partial charge is 0.109 e. The lowest BCUT2D eigenvalue weighted by Gasteiger charge is -2.30. The maximum atomic E-state index is 6.81. The quantitative estimate of drug-likeness (QED) is 0.508. The third-order valence-corrected chi connectivity index (χ3v) is 4.96. The molecular weight excluding hydrogens is 358 g/mol. The van der Waals surface area contributed by atoms with Crippen molar-refractivity contribution in [2.45, 2.75) is 4.87 Å². The molecule has 22 heavy (non-hydrogen) atoms. The molecule has 1 radical (unpaired) electrons. The van der Waals surface area contributed by atoms with Crippen molar-refractivity contribution in [2.75, 3.05) is 0 Å². The van der Waals surface area contributed by atoms with Crippen LogP contribution in [0.5, 0.6) is 0 Å². The first-order valence-electron chi connectivity index (χ1n) is 6.65. The van der Waals surface area contributed by atoms with Crippen molar-refractivity contribution >= 4 is 52.0 Å². The van der Waals surface area contributed by atoms with Gasteiger partial charge in [-0.15, -0.1) is 11.6 Å². The smallest absolute Gasteiger partial charge is 0.0968 e. The molecule has 0 aliphatic heterocycles. The second-order valence-electron chi connectivity index (χ2n) is 4.97. The van der Waals surface area contributed by atoms with Gasteiger partial charge in [0.25, 0.3) is 0 Å². The van der Waals surface area contributed by atoms with Gasteiger partial charge in [-0.05, 0) is 34.9 Å². The predicted molar refractivity (Wildman–Crippen MR) is 96.6 cm³/mol. The normalized spacial score (nSPS) is 21.3. The monoisotopic (exact) mass is 367 g/mol. The van der Waals surface area contributed by atoms with Crippen LogP contribution < -0.4 is 0 Å². The maximum absolute atomic E-state index is 6.81. The van der Waals surface area contributed by atoms with E-state index in [1.165, 1.54) is 0 Å². The Balaban J connectivity index is 2.07. The summed E-state index contributed by atoms with van der Waals surface area (Å²) in [5, 5.41) is 1.83. The molecule has 1 aliphatic rings. The molecule has 111 valence electrons. The van der Waals surface area contributed by atoms with Crippen LogP contribution in [0.1, 0.15) is 11.1 Å². The average Bonchev–Trinajstić information content (AvgIpc) is 2.51. The van der Waals surface area contributed by atoms with Gasteiger partial charge in [0.05, 0.1) is 4.87 Å². The standard InChI is InChI=1S/C18H11Cl4/c19-15-7-3-1-5-12(15)13-11-18(22,10-9-16(13)20)14-6-2-4-8-17(14)21/h1-11H. The molecule has 0 amide bonds. The molecule has 2 aromatic rings. The molecule has 0 heterocycles. The lowest BCUT2D eigenvalue weighted by molar-refractivity contribution is 0.914. The summed E-state index contributed by atoms with van der Waals surface area (Å²) in [6.07, 6.45) is 5.51. The van der Waals surface area contributed by atoms with Crippen molar-refractivity contribution in [1.29, 1.82) is 0 Å². The van der Waals surface area contributed by atoms with Crippen LogP contribution in [-0.4, -0.2) is 0 Å². The van der Waals surface area contributed by atoms with Crippen LogP contribution in [0.15, 0.2) is 65.7 Å². The first kappa shape index (κ1) is 16.0. The Morgan fingerprint density at radius 1 is 0.773 bits per heavy atom. The summed E-state index contributed by atoms with van der Waals surface area (Å²) in [4.78, 5) is -0.856. The molecule has 0 saturated carbocycles. The number of hydrogen-bond acceptors (Lipinski definition) is 0. The third kappa shape index (κ3) is 2.94. The molecule has 0 spiro atoms. The topological polar surface area (TPSA) is 0 Å². The van der Waals surface area contributed by atoms with E-state index in [4.69, 9.17) is 46.4 Å². The summed E-state index contributed by atoms with van der Waals surface area (Å²) >= 11 is 25.7. The van der Waals surface area contributed by atoms with Gasteiger partial charge in [0.1, 0.15) is 0 Å². The van der Waals surface area contributed by atoms with Gasteiger partial charge >= 0.3 is 0 Å². The number of alkyl halides is 1. The van der Waals surface area contributed by atoms with Crippen LogP contribution >= 0.6 is 46.4 Å². The van der Waals surface area contributed by atoms with Crippen molar-refractivity contribution in [3.63, 3.8) is 0 Å². The Kier molecular flexibility index (Phi) is 4.56. The van der Waals surface area contributed by atoms with Gasteiger partial charge in [0.15, 0.2) is 0 Å². The molecule has 0 saturated heterocycles. The van der Waals surface area contributed by atoms with Gasteiger partial charge in [0.2, 0.25) is 0 Å². The fraction of sp³-hybridized carbons (Fsp3) is 0.0556. The van der Waals surface area contributed by atoms with Crippen molar-refractivity contribution in [3.05, 3.63) is 93.3 Å². The molecule has 4 heteroatoms. The highest BCUT2D eigenvalue weighted by Gasteiger charge is 2.34. The van der Waals surface area contributed by atoms with E-state index in [1.807, 2.05) is 61.0 Å². The SMILES string of the molecule is ClC1=C(c2ccccc2Cl)[CH]C(Cl)(c2ccccc2Cl)C=C1. The average molecular weight is 369 g/mol. The first-order chi connectivity index (χ1) is 10.5. The van der Waals surface area contributed by atoms with E-state index >= 15 is 0 Å². The van der Waals surface area contributed by atoms with E-state index in [0.717, 1.165) is 16.7 Å². The minimum absolute atomic E-state index is 0.594. The zero-order chi connectivity index (χ0) is 15.7. The van der Waals surface area contributed by atoms with Gasteiger partial charge in [0, 0.05) is 21.5 Å².